The predicted molar refractivity (Wildman–Crippen MR) is 86.6 cm³/mol. The van der Waals surface area contributed by atoms with Crippen molar-refractivity contribution >= 4 is 11.9 Å². The van der Waals surface area contributed by atoms with Gasteiger partial charge in [0, 0.05) is 7.05 Å². The quantitative estimate of drug-likeness (QED) is 0.932. The number of halogens is 1. The maximum atomic E-state index is 13.6. The van der Waals surface area contributed by atoms with E-state index in [4.69, 9.17) is 4.42 Å². The number of rotatable bonds is 3. The number of urea groups is 1. The summed E-state index contributed by atoms with van der Waals surface area (Å²) in [6.45, 7) is 0.626. The van der Waals surface area contributed by atoms with Crippen molar-refractivity contribution in [2.45, 2.75) is 12.6 Å². The number of hydrogen-bond acceptors (Lipinski definition) is 3. The van der Waals surface area contributed by atoms with E-state index in [1.165, 1.54) is 17.0 Å². The molecule has 2 aliphatic rings. The molecule has 1 atom stereocenters. The van der Waals surface area contributed by atoms with Gasteiger partial charge in [-0.25, -0.2) is 9.18 Å². The highest BCUT2D eigenvalue weighted by atomic mass is 19.1. The average molecular weight is 341 g/mol. The smallest absolute Gasteiger partial charge is 0.322 e. The number of furan rings is 1. The summed E-state index contributed by atoms with van der Waals surface area (Å²) in [5, 5.41) is 2.78. The largest absolute Gasteiger partial charge is 0.467 e. The molecule has 128 valence electrons. The SMILES string of the molecule is CN1C(=O)NC(c2cccc(F)c2)C2=C1CN(Cc1ccco1)C2=O. The van der Waals surface area contributed by atoms with E-state index in [0.29, 0.717) is 35.7 Å². The van der Waals surface area contributed by atoms with Crippen LogP contribution in [0, 0.1) is 5.82 Å². The van der Waals surface area contributed by atoms with E-state index in [2.05, 4.69) is 5.32 Å². The van der Waals surface area contributed by atoms with E-state index in [0.717, 1.165) is 0 Å². The van der Waals surface area contributed by atoms with Crippen molar-refractivity contribution in [1.82, 2.24) is 15.1 Å². The molecule has 0 bridgehead atoms. The second-order valence-electron chi connectivity index (χ2n) is 6.10. The molecule has 3 amide bonds. The Labute approximate surface area is 143 Å². The first-order valence-electron chi connectivity index (χ1n) is 7.89. The van der Waals surface area contributed by atoms with Gasteiger partial charge in [-0.15, -0.1) is 0 Å². The molecular weight excluding hydrogens is 325 g/mol. The third kappa shape index (κ3) is 2.57. The molecule has 2 aliphatic heterocycles. The maximum absolute atomic E-state index is 13.6. The third-order valence-corrected chi connectivity index (χ3v) is 4.54. The van der Waals surface area contributed by atoms with Crippen LogP contribution in [0.5, 0.6) is 0 Å². The first kappa shape index (κ1) is 15.4. The zero-order valence-corrected chi connectivity index (χ0v) is 13.5. The molecule has 0 spiro atoms. The second-order valence-corrected chi connectivity index (χ2v) is 6.10. The first-order chi connectivity index (χ1) is 12.0. The average Bonchev–Trinajstić information content (AvgIpc) is 3.21. The monoisotopic (exact) mass is 341 g/mol. The molecular formula is C18H16FN3O3. The fraction of sp³-hybridized carbons (Fsp3) is 0.222. The lowest BCUT2D eigenvalue weighted by atomic mass is 9.96. The van der Waals surface area contributed by atoms with Gasteiger partial charge < -0.3 is 14.6 Å². The van der Waals surface area contributed by atoms with Crippen LogP contribution in [0.3, 0.4) is 0 Å². The highest BCUT2D eigenvalue weighted by molar-refractivity contribution is 6.01. The van der Waals surface area contributed by atoms with Crippen LogP contribution in [0.1, 0.15) is 17.4 Å². The lowest BCUT2D eigenvalue weighted by Crippen LogP contribution is -2.45. The van der Waals surface area contributed by atoms with E-state index in [1.807, 2.05) is 0 Å². The Bertz CT molecular complexity index is 875. The van der Waals surface area contributed by atoms with Gasteiger partial charge in [0.05, 0.1) is 36.7 Å². The number of amides is 3. The molecule has 1 N–H and O–H groups in total. The minimum absolute atomic E-state index is 0.187. The van der Waals surface area contributed by atoms with Crippen LogP contribution in [0.15, 0.2) is 58.3 Å². The van der Waals surface area contributed by atoms with Crippen LogP contribution >= 0.6 is 0 Å². The topological polar surface area (TPSA) is 65.8 Å². The highest BCUT2D eigenvalue weighted by Crippen LogP contribution is 2.36. The van der Waals surface area contributed by atoms with Crippen LogP contribution in [0.4, 0.5) is 9.18 Å². The Balaban J connectivity index is 1.70. The van der Waals surface area contributed by atoms with Gasteiger partial charge in [0.15, 0.2) is 0 Å². The molecule has 0 aliphatic carbocycles. The Kier molecular flexibility index (Phi) is 3.56. The molecule has 0 radical (unpaired) electrons. The molecule has 7 heteroatoms. The van der Waals surface area contributed by atoms with Crippen molar-refractivity contribution in [3.63, 3.8) is 0 Å². The molecule has 1 aromatic heterocycles. The van der Waals surface area contributed by atoms with Gasteiger partial charge in [0.2, 0.25) is 0 Å². The Morgan fingerprint density at radius 1 is 1.28 bits per heavy atom. The van der Waals surface area contributed by atoms with Crippen molar-refractivity contribution in [1.29, 1.82) is 0 Å². The minimum atomic E-state index is -0.663. The molecule has 2 aromatic rings. The third-order valence-electron chi connectivity index (χ3n) is 4.54. The Morgan fingerprint density at radius 2 is 2.12 bits per heavy atom. The van der Waals surface area contributed by atoms with Gasteiger partial charge in [-0.05, 0) is 29.8 Å². The number of nitrogens with one attached hydrogen (secondary N) is 1. The standard InChI is InChI=1S/C18H16FN3O3/c1-21-14-10-22(9-13-6-3-7-25-13)17(23)15(14)16(20-18(21)24)11-4-2-5-12(19)8-11/h2-8,16H,9-10H2,1H3,(H,20,24). The summed E-state index contributed by atoms with van der Waals surface area (Å²) >= 11 is 0. The molecule has 1 unspecified atom stereocenters. The van der Waals surface area contributed by atoms with Gasteiger partial charge in [-0.1, -0.05) is 12.1 Å². The van der Waals surface area contributed by atoms with Crippen molar-refractivity contribution in [3.05, 3.63) is 71.1 Å². The summed E-state index contributed by atoms with van der Waals surface area (Å²) in [5.41, 5.74) is 1.65. The van der Waals surface area contributed by atoms with Gasteiger partial charge in [-0.2, -0.15) is 0 Å². The van der Waals surface area contributed by atoms with E-state index < -0.39 is 11.9 Å². The Morgan fingerprint density at radius 3 is 2.84 bits per heavy atom. The van der Waals surface area contributed by atoms with Crippen LogP contribution in [0.25, 0.3) is 0 Å². The molecule has 1 aromatic carbocycles. The lowest BCUT2D eigenvalue weighted by molar-refractivity contribution is -0.126. The summed E-state index contributed by atoms with van der Waals surface area (Å²) in [5.74, 6) is 0.0654. The lowest BCUT2D eigenvalue weighted by Gasteiger charge is -2.31. The van der Waals surface area contributed by atoms with Crippen LogP contribution in [-0.2, 0) is 11.3 Å². The molecule has 0 saturated heterocycles. The van der Waals surface area contributed by atoms with Crippen LogP contribution < -0.4 is 5.32 Å². The summed E-state index contributed by atoms with van der Waals surface area (Å²) < 4.78 is 18.9. The van der Waals surface area contributed by atoms with Crippen molar-refractivity contribution in [3.8, 4) is 0 Å². The number of carbonyl (C=O) groups excluding carboxylic acids is 2. The van der Waals surface area contributed by atoms with Gasteiger partial charge in [0.25, 0.3) is 5.91 Å². The van der Waals surface area contributed by atoms with Gasteiger partial charge >= 0.3 is 6.03 Å². The summed E-state index contributed by atoms with van der Waals surface area (Å²) in [6, 6.07) is 8.50. The fourth-order valence-electron chi connectivity index (χ4n) is 3.28. The number of hydrogen-bond donors (Lipinski definition) is 1. The van der Waals surface area contributed by atoms with Crippen molar-refractivity contribution in [2.75, 3.05) is 13.6 Å². The maximum Gasteiger partial charge on any atom is 0.322 e. The van der Waals surface area contributed by atoms with Crippen LogP contribution in [-0.4, -0.2) is 35.3 Å². The van der Waals surface area contributed by atoms with E-state index in [-0.39, 0.29) is 11.9 Å². The molecule has 25 heavy (non-hydrogen) atoms. The number of carbonyl (C=O) groups is 2. The number of nitrogens with zero attached hydrogens (tertiary/aromatic N) is 2. The normalized spacial score (nSPS) is 20.2. The molecule has 0 fully saturated rings. The molecule has 4 rings (SSSR count). The molecule has 3 heterocycles. The zero-order chi connectivity index (χ0) is 17.6. The predicted octanol–water partition coefficient (Wildman–Crippen LogP) is 2.41. The van der Waals surface area contributed by atoms with Gasteiger partial charge in [-0.3, -0.25) is 9.69 Å². The summed E-state index contributed by atoms with van der Waals surface area (Å²) in [4.78, 5) is 28.3. The molecule has 0 saturated carbocycles. The van der Waals surface area contributed by atoms with Crippen molar-refractivity contribution < 1.29 is 18.4 Å². The first-order valence-corrected chi connectivity index (χ1v) is 7.89. The Hall–Kier alpha value is -3.09. The summed E-state index contributed by atoms with van der Waals surface area (Å²) in [6.07, 6.45) is 1.55. The summed E-state index contributed by atoms with van der Waals surface area (Å²) in [7, 11) is 1.62. The molecule has 6 nitrogen and oxygen atoms in total. The van der Waals surface area contributed by atoms with E-state index in [9.17, 15) is 14.0 Å². The second kappa shape index (κ2) is 5.77. The van der Waals surface area contributed by atoms with E-state index in [1.54, 1.807) is 42.5 Å². The number of likely N-dealkylation sites (N-methyl/N-ethyl adjacent to an activating group) is 1. The van der Waals surface area contributed by atoms with E-state index >= 15 is 0 Å². The number of benzene rings is 1. The fourth-order valence-corrected chi connectivity index (χ4v) is 3.28. The minimum Gasteiger partial charge on any atom is -0.467 e. The highest BCUT2D eigenvalue weighted by Gasteiger charge is 2.43. The van der Waals surface area contributed by atoms with Crippen LogP contribution in [0.2, 0.25) is 0 Å². The zero-order valence-electron chi connectivity index (χ0n) is 13.5. The van der Waals surface area contributed by atoms with Crippen molar-refractivity contribution in [2.24, 2.45) is 0 Å². The van der Waals surface area contributed by atoms with Gasteiger partial charge in [0.1, 0.15) is 11.6 Å².